The maximum absolute atomic E-state index is 11.6. The Balaban J connectivity index is 1.52. The van der Waals surface area contributed by atoms with Crippen molar-refractivity contribution in [1.29, 1.82) is 0 Å². The van der Waals surface area contributed by atoms with Gasteiger partial charge >= 0.3 is 0 Å². The molecule has 1 aromatic rings. The number of amides is 1. The predicted molar refractivity (Wildman–Crippen MR) is 72.8 cm³/mol. The van der Waals surface area contributed by atoms with E-state index < -0.39 is 0 Å². The lowest BCUT2D eigenvalue weighted by atomic mass is 9.95. The number of imidazole rings is 1. The second-order valence-corrected chi connectivity index (χ2v) is 5.60. The van der Waals surface area contributed by atoms with Gasteiger partial charge in [0.25, 0.3) is 0 Å². The van der Waals surface area contributed by atoms with E-state index in [-0.39, 0.29) is 5.91 Å². The molecule has 19 heavy (non-hydrogen) atoms. The lowest BCUT2D eigenvalue weighted by Gasteiger charge is -2.23. The van der Waals surface area contributed by atoms with E-state index >= 15 is 0 Å². The van der Waals surface area contributed by atoms with Crippen LogP contribution in [-0.2, 0) is 11.3 Å². The molecule has 0 radical (unpaired) electrons. The first-order valence-corrected chi connectivity index (χ1v) is 7.33. The fraction of sp³-hybridized carbons (Fsp3) is 0.714. The molecule has 104 valence electrons. The summed E-state index contributed by atoms with van der Waals surface area (Å²) in [5.74, 6) is 1.14. The van der Waals surface area contributed by atoms with E-state index in [1.54, 1.807) is 0 Å². The Labute approximate surface area is 113 Å². The summed E-state index contributed by atoms with van der Waals surface area (Å²) in [6, 6.07) is 0. The van der Waals surface area contributed by atoms with Crippen molar-refractivity contribution in [3.8, 4) is 0 Å². The lowest BCUT2D eigenvalue weighted by molar-refractivity contribution is -0.122. The van der Waals surface area contributed by atoms with Crippen LogP contribution in [0.4, 0.5) is 0 Å². The molecule has 0 spiro atoms. The summed E-state index contributed by atoms with van der Waals surface area (Å²) in [6.07, 6.45) is 8.37. The van der Waals surface area contributed by atoms with Crippen molar-refractivity contribution in [1.82, 2.24) is 20.2 Å². The first kappa shape index (κ1) is 12.7. The molecule has 5 nitrogen and oxygen atoms in total. The van der Waals surface area contributed by atoms with Gasteiger partial charge in [-0.3, -0.25) is 4.79 Å². The van der Waals surface area contributed by atoms with Gasteiger partial charge in [-0.05, 0) is 38.8 Å². The molecule has 0 atom stereocenters. The molecule has 1 aliphatic heterocycles. The smallest absolute Gasteiger partial charge is 0.223 e. The van der Waals surface area contributed by atoms with Gasteiger partial charge in [0.15, 0.2) is 0 Å². The maximum atomic E-state index is 11.6. The minimum Gasteiger partial charge on any atom is -0.354 e. The van der Waals surface area contributed by atoms with Crippen LogP contribution in [0.15, 0.2) is 12.5 Å². The van der Waals surface area contributed by atoms with Crippen molar-refractivity contribution < 1.29 is 4.79 Å². The van der Waals surface area contributed by atoms with Crippen LogP contribution in [0.1, 0.15) is 37.3 Å². The minimum atomic E-state index is 0.225. The molecule has 1 saturated carbocycles. The molecular weight excluding hydrogens is 240 g/mol. The van der Waals surface area contributed by atoms with E-state index in [9.17, 15) is 4.79 Å². The SMILES string of the molecule is O=C(NCCn1cncc1C1CCNCC1)C1CC1. The molecule has 1 amide bonds. The number of hydrogen-bond donors (Lipinski definition) is 2. The molecule has 1 saturated heterocycles. The third-order valence-corrected chi connectivity index (χ3v) is 4.10. The number of hydrogen-bond acceptors (Lipinski definition) is 3. The highest BCUT2D eigenvalue weighted by Crippen LogP contribution is 2.28. The van der Waals surface area contributed by atoms with Crippen molar-refractivity contribution in [3.05, 3.63) is 18.2 Å². The average molecular weight is 262 g/mol. The van der Waals surface area contributed by atoms with Crippen molar-refractivity contribution in [3.63, 3.8) is 0 Å². The largest absolute Gasteiger partial charge is 0.354 e. The summed E-state index contributed by atoms with van der Waals surface area (Å²) in [5, 5.41) is 6.40. The molecule has 1 aromatic heterocycles. The molecule has 3 rings (SSSR count). The molecule has 0 bridgehead atoms. The zero-order valence-corrected chi connectivity index (χ0v) is 11.3. The minimum absolute atomic E-state index is 0.225. The van der Waals surface area contributed by atoms with Crippen molar-refractivity contribution >= 4 is 5.91 Å². The molecular formula is C14H22N4O. The Bertz CT molecular complexity index is 432. The Hall–Kier alpha value is -1.36. The van der Waals surface area contributed by atoms with E-state index in [1.165, 1.54) is 18.5 Å². The number of carbonyl (C=O) groups excluding carboxylic acids is 1. The normalized spacial score (nSPS) is 20.4. The Morgan fingerprint density at radius 1 is 1.37 bits per heavy atom. The molecule has 5 heteroatoms. The quantitative estimate of drug-likeness (QED) is 0.828. The molecule has 0 unspecified atom stereocenters. The summed E-state index contributed by atoms with van der Waals surface area (Å²) < 4.78 is 2.20. The first-order valence-electron chi connectivity index (χ1n) is 7.33. The van der Waals surface area contributed by atoms with Crippen LogP contribution >= 0.6 is 0 Å². The fourth-order valence-electron chi connectivity index (χ4n) is 2.76. The second kappa shape index (κ2) is 5.74. The number of aromatic nitrogens is 2. The number of piperidine rings is 1. The third kappa shape index (κ3) is 3.15. The summed E-state index contributed by atoms with van der Waals surface area (Å²) in [6.45, 7) is 3.73. The van der Waals surface area contributed by atoms with Gasteiger partial charge in [-0.1, -0.05) is 0 Å². The highest BCUT2D eigenvalue weighted by atomic mass is 16.2. The fourth-order valence-corrected chi connectivity index (χ4v) is 2.76. The second-order valence-electron chi connectivity index (χ2n) is 5.60. The van der Waals surface area contributed by atoms with Gasteiger partial charge < -0.3 is 15.2 Å². The van der Waals surface area contributed by atoms with E-state index in [1.807, 2.05) is 12.5 Å². The van der Waals surface area contributed by atoms with Crippen LogP contribution in [0, 0.1) is 5.92 Å². The summed E-state index contributed by atoms with van der Waals surface area (Å²) >= 11 is 0. The summed E-state index contributed by atoms with van der Waals surface area (Å²) in [5.41, 5.74) is 1.32. The van der Waals surface area contributed by atoms with Crippen molar-refractivity contribution in [2.75, 3.05) is 19.6 Å². The number of carbonyl (C=O) groups is 1. The third-order valence-electron chi connectivity index (χ3n) is 4.10. The summed E-state index contributed by atoms with van der Waals surface area (Å²) in [7, 11) is 0. The van der Waals surface area contributed by atoms with Crippen LogP contribution in [0.2, 0.25) is 0 Å². The van der Waals surface area contributed by atoms with Crippen LogP contribution in [-0.4, -0.2) is 35.1 Å². The number of nitrogens with one attached hydrogen (secondary N) is 2. The zero-order valence-electron chi connectivity index (χ0n) is 11.3. The van der Waals surface area contributed by atoms with Gasteiger partial charge in [0, 0.05) is 36.8 Å². The maximum Gasteiger partial charge on any atom is 0.223 e. The molecule has 2 heterocycles. The topological polar surface area (TPSA) is 59.0 Å². The number of rotatable bonds is 5. The first-order chi connectivity index (χ1) is 9.34. The summed E-state index contributed by atoms with van der Waals surface area (Å²) in [4.78, 5) is 15.8. The van der Waals surface area contributed by atoms with Crippen LogP contribution in [0.5, 0.6) is 0 Å². The van der Waals surface area contributed by atoms with Crippen LogP contribution < -0.4 is 10.6 Å². The molecule has 2 N–H and O–H groups in total. The highest BCUT2D eigenvalue weighted by molar-refractivity contribution is 5.80. The zero-order chi connectivity index (χ0) is 13.1. The van der Waals surface area contributed by atoms with Gasteiger partial charge in [-0.2, -0.15) is 0 Å². The Kier molecular flexibility index (Phi) is 3.82. The van der Waals surface area contributed by atoms with Gasteiger partial charge in [0.05, 0.1) is 6.33 Å². The van der Waals surface area contributed by atoms with E-state index in [4.69, 9.17) is 0 Å². The predicted octanol–water partition coefficient (Wildman–Crippen LogP) is 0.876. The molecule has 1 aliphatic carbocycles. The van der Waals surface area contributed by atoms with E-state index in [0.29, 0.717) is 18.4 Å². The molecule has 2 aliphatic rings. The van der Waals surface area contributed by atoms with Crippen molar-refractivity contribution in [2.24, 2.45) is 5.92 Å². The molecule has 0 aromatic carbocycles. The number of nitrogens with zero attached hydrogens (tertiary/aromatic N) is 2. The Morgan fingerprint density at radius 2 is 2.16 bits per heavy atom. The van der Waals surface area contributed by atoms with Crippen LogP contribution in [0.3, 0.4) is 0 Å². The average Bonchev–Trinajstić information content (AvgIpc) is 3.20. The van der Waals surface area contributed by atoms with Gasteiger partial charge in [0.2, 0.25) is 5.91 Å². The standard InChI is InChI=1S/C14H22N4O/c19-14(12-1-2-12)17-7-8-18-10-16-9-13(18)11-3-5-15-6-4-11/h9-12,15H,1-8H2,(H,17,19). The highest BCUT2D eigenvalue weighted by Gasteiger charge is 2.29. The molecule has 2 fully saturated rings. The van der Waals surface area contributed by atoms with Gasteiger partial charge in [0.1, 0.15) is 0 Å². The van der Waals surface area contributed by atoms with Crippen molar-refractivity contribution in [2.45, 2.75) is 38.1 Å². The monoisotopic (exact) mass is 262 g/mol. The van der Waals surface area contributed by atoms with Gasteiger partial charge in [-0.25, -0.2) is 4.98 Å². The Morgan fingerprint density at radius 3 is 2.89 bits per heavy atom. The van der Waals surface area contributed by atoms with Crippen LogP contribution in [0.25, 0.3) is 0 Å². The van der Waals surface area contributed by atoms with E-state index in [2.05, 4.69) is 20.2 Å². The van der Waals surface area contributed by atoms with Gasteiger partial charge in [-0.15, -0.1) is 0 Å². The lowest BCUT2D eigenvalue weighted by Crippen LogP contribution is -2.30. The van der Waals surface area contributed by atoms with E-state index in [0.717, 1.165) is 32.5 Å².